The zero-order valence-corrected chi connectivity index (χ0v) is 16.0. The Hall–Kier alpha value is -2.14. The molecule has 0 unspecified atom stereocenters. The van der Waals surface area contributed by atoms with Crippen molar-refractivity contribution in [2.45, 2.75) is 32.7 Å². The van der Waals surface area contributed by atoms with E-state index < -0.39 is 0 Å². The van der Waals surface area contributed by atoms with Gasteiger partial charge in [0.25, 0.3) is 0 Å². The minimum atomic E-state index is 0.748. The van der Waals surface area contributed by atoms with Gasteiger partial charge < -0.3 is 15.5 Å². The molecule has 0 saturated carbocycles. The number of piperidine rings is 1. The van der Waals surface area contributed by atoms with E-state index in [4.69, 9.17) is 0 Å². The van der Waals surface area contributed by atoms with Crippen LogP contribution in [0.2, 0.25) is 0 Å². The first-order valence-corrected chi connectivity index (χ1v) is 9.79. The van der Waals surface area contributed by atoms with Crippen molar-refractivity contribution in [1.82, 2.24) is 20.5 Å². The summed E-state index contributed by atoms with van der Waals surface area (Å²) in [7, 11) is 1.83. The Morgan fingerprint density at radius 3 is 2.77 bits per heavy atom. The van der Waals surface area contributed by atoms with Crippen molar-refractivity contribution < 1.29 is 0 Å². The first kappa shape index (κ1) is 18.6. The molecular formula is C21H31N5. The molecule has 5 nitrogen and oxygen atoms in total. The summed E-state index contributed by atoms with van der Waals surface area (Å²) in [6.07, 6.45) is 5.74. The predicted octanol–water partition coefficient (Wildman–Crippen LogP) is 3.02. The third-order valence-corrected chi connectivity index (χ3v) is 5.41. The van der Waals surface area contributed by atoms with Gasteiger partial charge in [0.1, 0.15) is 0 Å². The highest BCUT2D eigenvalue weighted by molar-refractivity contribution is 5.83. The summed E-state index contributed by atoms with van der Waals surface area (Å²) in [4.78, 5) is 11.3. The molecule has 0 bridgehead atoms. The van der Waals surface area contributed by atoms with Gasteiger partial charge in [-0.05, 0) is 62.5 Å². The maximum atomic E-state index is 4.42. The minimum absolute atomic E-state index is 0.748. The number of hydrogen-bond donors (Lipinski definition) is 2. The fourth-order valence-electron chi connectivity index (χ4n) is 3.69. The lowest BCUT2D eigenvalue weighted by Gasteiger charge is -2.31. The number of aliphatic imine (C=N–C) groups is 1. The number of aromatic nitrogens is 1. The summed E-state index contributed by atoms with van der Waals surface area (Å²) in [5, 5.41) is 8.10. The Labute approximate surface area is 156 Å². The van der Waals surface area contributed by atoms with Crippen LogP contribution in [0.25, 0.3) is 10.9 Å². The quantitative estimate of drug-likeness (QED) is 0.619. The summed E-state index contributed by atoms with van der Waals surface area (Å²) in [5.74, 6) is 1.71. The van der Waals surface area contributed by atoms with Gasteiger partial charge >= 0.3 is 0 Å². The smallest absolute Gasteiger partial charge is 0.191 e. The molecule has 0 spiro atoms. The molecule has 3 rings (SSSR count). The average Bonchev–Trinajstić information content (AvgIpc) is 2.71. The predicted molar refractivity (Wildman–Crippen MR) is 109 cm³/mol. The Bertz CT molecular complexity index is 714. The van der Waals surface area contributed by atoms with Crippen molar-refractivity contribution in [3.05, 3.63) is 42.1 Å². The van der Waals surface area contributed by atoms with Gasteiger partial charge in [-0.15, -0.1) is 0 Å². The number of fused-ring (bicyclic) bond motifs is 1. The van der Waals surface area contributed by atoms with Crippen LogP contribution in [-0.4, -0.2) is 49.1 Å². The van der Waals surface area contributed by atoms with Crippen LogP contribution in [0.3, 0.4) is 0 Å². The Balaban J connectivity index is 1.45. The Morgan fingerprint density at radius 2 is 2.00 bits per heavy atom. The molecule has 2 heterocycles. The molecule has 1 aromatic heterocycles. The second-order valence-electron chi connectivity index (χ2n) is 7.01. The molecule has 1 aliphatic heterocycles. The van der Waals surface area contributed by atoms with Crippen LogP contribution in [0.1, 0.15) is 31.7 Å². The maximum absolute atomic E-state index is 4.42. The standard InChI is InChI=1S/C21H31N5/c1-3-26-14-10-17(11-15-26)8-12-24-21(22-2)25-16-18-9-13-23-20-7-5-4-6-19(18)20/h4-7,9,13,17H,3,8,10-12,14-16H2,1-2H3,(H2,22,24,25). The van der Waals surface area contributed by atoms with Gasteiger partial charge in [0.15, 0.2) is 5.96 Å². The topological polar surface area (TPSA) is 52.5 Å². The van der Waals surface area contributed by atoms with E-state index in [0.29, 0.717) is 0 Å². The van der Waals surface area contributed by atoms with E-state index in [1.54, 1.807) is 0 Å². The highest BCUT2D eigenvalue weighted by Crippen LogP contribution is 2.19. The lowest BCUT2D eigenvalue weighted by molar-refractivity contribution is 0.187. The van der Waals surface area contributed by atoms with Crippen LogP contribution in [0.5, 0.6) is 0 Å². The number of guanidine groups is 1. The van der Waals surface area contributed by atoms with Crippen molar-refractivity contribution in [2.75, 3.05) is 33.2 Å². The lowest BCUT2D eigenvalue weighted by atomic mass is 9.93. The lowest BCUT2D eigenvalue weighted by Crippen LogP contribution is -2.39. The average molecular weight is 354 g/mol. The molecule has 1 fully saturated rings. The van der Waals surface area contributed by atoms with E-state index in [1.165, 1.54) is 49.8 Å². The zero-order chi connectivity index (χ0) is 18.2. The molecule has 0 aliphatic carbocycles. The maximum Gasteiger partial charge on any atom is 0.191 e. The molecule has 0 radical (unpaired) electrons. The molecule has 1 saturated heterocycles. The normalized spacial score (nSPS) is 16.8. The van der Waals surface area contributed by atoms with E-state index in [-0.39, 0.29) is 0 Å². The van der Waals surface area contributed by atoms with Gasteiger partial charge in [-0.3, -0.25) is 9.98 Å². The first-order valence-electron chi connectivity index (χ1n) is 9.79. The Kier molecular flexibility index (Phi) is 6.83. The third kappa shape index (κ3) is 4.94. The number of rotatable bonds is 6. The largest absolute Gasteiger partial charge is 0.356 e. The second-order valence-corrected chi connectivity index (χ2v) is 7.01. The number of pyridine rings is 1. The number of nitrogens with one attached hydrogen (secondary N) is 2. The van der Waals surface area contributed by atoms with Crippen LogP contribution >= 0.6 is 0 Å². The summed E-state index contributed by atoms with van der Waals surface area (Å²) in [5.41, 5.74) is 2.28. The van der Waals surface area contributed by atoms with Gasteiger partial charge in [-0.25, -0.2) is 0 Å². The van der Waals surface area contributed by atoms with E-state index in [2.05, 4.69) is 56.7 Å². The van der Waals surface area contributed by atoms with Crippen LogP contribution in [0.15, 0.2) is 41.5 Å². The van der Waals surface area contributed by atoms with E-state index in [1.807, 2.05) is 19.3 Å². The van der Waals surface area contributed by atoms with E-state index in [9.17, 15) is 0 Å². The molecule has 0 amide bonds. The van der Waals surface area contributed by atoms with Crippen LogP contribution < -0.4 is 10.6 Å². The van der Waals surface area contributed by atoms with Gasteiger partial charge in [0.2, 0.25) is 0 Å². The number of nitrogens with zero attached hydrogens (tertiary/aromatic N) is 3. The van der Waals surface area contributed by atoms with Crippen molar-refractivity contribution in [3.63, 3.8) is 0 Å². The summed E-state index contributed by atoms with van der Waals surface area (Å²) < 4.78 is 0. The SMILES string of the molecule is CCN1CCC(CCNC(=NC)NCc2ccnc3ccccc23)CC1. The summed E-state index contributed by atoms with van der Waals surface area (Å²) in [6.45, 7) is 7.67. The minimum Gasteiger partial charge on any atom is -0.356 e. The highest BCUT2D eigenvalue weighted by Gasteiger charge is 2.17. The second kappa shape index (κ2) is 9.53. The molecule has 26 heavy (non-hydrogen) atoms. The number of likely N-dealkylation sites (tertiary alicyclic amines) is 1. The molecule has 5 heteroatoms. The van der Waals surface area contributed by atoms with Crippen LogP contribution in [-0.2, 0) is 6.54 Å². The fourth-order valence-corrected chi connectivity index (χ4v) is 3.69. The number of benzene rings is 1. The third-order valence-electron chi connectivity index (χ3n) is 5.41. The highest BCUT2D eigenvalue weighted by atomic mass is 15.2. The molecule has 1 aromatic carbocycles. The Morgan fingerprint density at radius 1 is 1.19 bits per heavy atom. The summed E-state index contributed by atoms with van der Waals surface area (Å²) in [6, 6.07) is 10.3. The molecule has 0 atom stereocenters. The molecule has 1 aliphatic rings. The molecule has 2 aromatic rings. The molecular weight excluding hydrogens is 322 g/mol. The van der Waals surface area contributed by atoms with Crippen LogP contribution in [0, 0.1) is 5.92 Å². The van der Waals surface area contributed by atoms with Gasteiger partial charge in [0.05, 0.1) is 5.52 Å². The number of hydrogen-bond acceptors (Lipinski definition) is 3. The summed E-state index contributed by atoms with van der Waals surface area (Å²) >= 11 is 0. The van der Waals surface area contributed by atoms with Gasteiger partial charge in [0, 0.05) is 31.7 Å². The van der Waals surface area contributed by atoms with Crippen molar-refractivity contribution >= 4 is 16.9 Å². The van der Waals surface area contributed by atoms with Gasteiger partial charge in [-0.1, -0.05) is 25.1 Å². The van der Waals surface area contributed by atoms with Gasteiger partial charge in [-0.2, -0.15) is 0 Å². The van der Waals surface area contributed by atoms with Crippen molar-refractivity contribution in [2.24, 2.45) is 10.9 Å². The van der Waals surface area contributed by atoms with E-state index in [0.717, 1.165) is 30.5 Å². The fraction of sp³-hybridized carbons (Fsp3) is 0.524. The number of para-hydroxylation sites is 1. The monoisotopic (exact) mass is 353 g/mol. The van der Waals surface area contributed by atoms with E-state index >= 15 is 0 Å². The van der Waals surface area contributed by atoms with Crippen LogP contribution in [0.4, 0.5) is 0 Å². The first-order chi connectivity index (χ1) is 12.8. The zero-order valence-electron chi connectivity index (χ0n) is 16.0. The van der Waals surface area contributed by atoms with Crippen molar-refractivity contribution in [3.8, 4) is 0 Å². The molecule has 140 valence electrons. The molecule has 2 N–H and O–H groups in total. The van der Waals surface area contributed by atoms with Crippen molar-refractivity contribution in [1.29, 1.82) is 0 Å².